The molecule has 0 spiro atoms. The van der Waals surface area contributed by atoms with Crippen molar-refractivity contribution in [3.63, 3.8) is 0 Å². The summed E-state index contributed by atoms with van der Waals surface area (Å²) in [6, 6.07) is 6.49. The molecule has 1 aliphatic rings. The Morgan fingerprint density at radius 1 is 1.39 bits per heavy atom. The van der Waals surface area contributed by atoms with E-state index in [0.717, 1.165) is 24.2 Å². The number of nitrogens with two attached hydrogens (primary N) is 1. The van der Waals surface area contributed by atoms with Crippen molar-refractivity contribution in [1.29, 1.82) is 0 Å². The number of carbonyl (C=O) groups is 1. The molecule has 1 fully saturated rings. The van der Waals surface area contributed by atoms with Crippen LogP contribution in [0.25, 0.3) is 5.69 Å². The number of rotatable bonds is 3. The molecule has 0 radical (unpaired) electrons. The monoisotopic (exact) mass is 316 g/mol. The molecule has 0 unspecified atom stereocenters. The molecular formula is C17H21FN4O. The molecule has 1 amide bonds. The van der Waals surface area contributed by atoms with Crippen LogP contribution in [0.2, 0.25) is 0 Å². The molecule has 122 valence electrons. The van der Waals surface area contributed by atoms with Crippen LogP contribution in [-0.4, -0.2) is 39.7 Å². The van der Waals surface area contributed by atoms with Crippen LogP contribution >= 0.6 is 0 Å². The maximum absolute atomic E-state index is 14.5. The second-order valence-electron chi connectivity index (χ2n) is 6.04. The van der Waals surface area contributed by atoms with E-state index in [9.17, 15) is 9.18 Å². The summed E-state index contributed by atoms with van der Waals surface area (Å²) < 4.78 is 16.0. The molecule has 0 aliphatic carbocycles. The SMILES string of the molecule is Cc1cc(C)n(-c2ccc(C(=O)N3CCC[C@H]3CN)cc2F)n1. The minimum atomic E-state index is -0.453. The Hall–Kier alpha value is -2.21. The zero-order chi connectivity index (χ0) is 16.6. The van der Waals surface area contributed by atoms with Gasteiger partial charge in [-0.1, -0.05) is 0 Å². The Labute approximate surface area is 134 Å². The molecule has 2 aromatic rings. The van der Waals surface area contributed by atoms with Gasteiger partial charge in [0.2, 0.25) is 0 Å². The molecule has 3 rings (SSSR count). The van der Waals surface area contributed by atoms with Gasteiger partial charge in [-0.15, -0.1) is 0 Å². The summed E-state index contributed by atoms with van der Waals surface area (Å²) in [4.78, 5) is 14.3. The first-order valence-corrected chi connectivity index (χ1v) is 7.85. The number of carbonyl (C=O) groups excluding carboxylic acids is 1. The van der Waals surface area contributed by atoms with Crippen LogP contribution < -0.4 is 5.73 Å². The van der Waals surface area contributed by atoms with Gasteiger partial charge in [-0.3, -0.25) is 4.79 Å². The normalized spacial score (nSPS) is 17.7. The van der Waals surface area contributed by atoms with Crippen LogP contribution in [0.3, 0.4) is 0 Å². The minimum absolute atomic E-state index is 0.0567. The zero-order valence-corrected chi connectivity index (χ0v) is 13.4. The number of aromatic nitrogens is 2. The van der Waals surface area contributed by atoms with Gasteiger partial charge in [0, 0.05) is 30.4 Å². The van der Waals surface area contributed by atoms with Crippen molar-refractivity contribution in [3.8, 4) is 5.69 Å². The van der Waals surface area contributed by atoms with Crippen molar-refractivity contribution in [1.82, 2.24) is 14.7 Å². The highest BCUT2D eigenvalue weighted by atomic mass is 19.1. The van der Waals surface area contributed by atoms with Crippen LogP contribution in [0, 0.1) is 19.7 Å². The highest BCUT2D eigenvalue weighted by molar-refractivity contribution is 5.94. The third-order valence-electron chi connectivity index (χ3n) is 4.34. The van der Waals surface area contributed by atoms with Crippen molar-refractivity contribution >= 4 is 5.91 Å². The predicted octanol–water partition coefficient (Wildman–Crippen LogP) is 2.19. The topological polar surface area (TPSA) is 64.2 Å². The van der Waals surface area contributed by atoms with E-state index in [2.05, 4.69) is 5.10 Å². The van der Waals surface area contributed by atoms with E-state index in [1.54, 1.807) is 21.7 Å². The molecule has 6 heteroatoms. The third kappa shape index (κ3) is 2.86. The average molecular weight is 316 g/mol. The van der Waals surface area contributed by atoms with Crippen LogP contribution in [-0.2, 0) is 0 Å². The lowest BCUT2D eigenvalue weighted by Gasteiger charge is -2.23. The number of aryl methyl sites for hydroxylation is 2. The molecule has 1 aromatic carbocycles. The Morgan fingerprint density at radius 2 is 2.17 bits per heavy atom. The predicted molar refractivity (Wildman–Crippen MR) is 86.1 cm³/mol. The Bertz CT molecular complexity index is 740. The standard InChI is InChI=1S/C17H21FN4O/c1-11-8-12(2)22(20-11)16-6-5-13(9-15(16)18)17(23)21-7-3-4-14(21)10-19/h5-6,8-9,14H,3-4,7,10,19H2,1-2H3/t14-/m0/s1. The lowest BCUT2D eigenvalue weighted by Crippen LogP contribution is -2.39. The fraction of sp³-hybridized carbons (Fsp3) is 0.412. The van der Waals surface area contributed by atoms with Crippen molar-refractivity contribution < 1.29 is 9.18 Å². The number of hydrogen-bond donors (Lipinski definition) is 1. The highest BCUT2D eigenvalue weighted by Gasteiger charge is 2.28. The van der Waals surface area contributed by atoms with Crippen LogP contribution in [0.15, 0.2) is 24.3 Å². The van der Waals surface area contributed by atoms with Gasteiger partial charge >= 0.3 is 0 Å². The van der Waals surface area contributed by atoms with Gasteiger partial charge in [0.25, 0.3) is 5.91 Å². The smallest absolute Gasteiger partial charge is 0.254 e. The zero-order valence-electron chi connectivity index (χ0n) is 13.4. The van der Waals surface area contributed by atoms with Crippen molar-refractivity contribution in [2.45, 2.75) is 32.7 Å². The highest BCUT2D eigenvalue weighted by Crippen LogP contribution is 2.22. The largest absolute Gasteiger partial charge is 0.334 e. The Morgan fingerprint density at radius 3 is 2.78 bits per heavy atom. The van der Waals surface area contributed by atoms with Crippen LogP contribution in [0.4, 0.5) is 4.39 Å². The van der Waals surface area contributed by atoms with Gasteiger partial charge in [0.1, 0.15) is 11.5 Å². The Balaban J connectivity index is 1.90. The molecule has 1 aromatic heterocycles. The second kappa shape index (κ2) is 6.12. The van der Waals surface area contributed by atoms with Gasteiger partial charge in [-0.25, -0.2) is 9.07 Å². The van der Waals surface area contributed by atoms with E-state index in [-0.39, 0.29) is 11.9 Å². The minimum Gasteiger partial charge on any atom is -0.334 e. The van der Waals surface area contributed by atoms with Crippen LogP contribution in [0.1, 0.15) is 34.6 Å². The fourth-order valence-electron chi connectivity index (χ4n) is 3.20. The first-order chi connectivity index (χ1) is 11.0. The van der Waals surface area contributed by atoms with Gasteiger partial charge < -0.3 is 10.6 Å². The third-order valence-corrected chi connectivity index (χ3v) is 4.34. The summed E-state index contributed by atoms with van der Waals surface area (Å²) in [6.45, 7) is 4.85. The second-order valence-corrected chi connectivity index (χ2v) is 6.04. The van der Waals surface area contributed by atoms with Gasteiger partial charge in [0.15, 0.2) is 0 Å². The lowest BCUT2D eigenvalue weighted by molar-refractivity contribution is 0.0740. The van der Waals surface area contributed by atoms with Crippen molar-refractivity contribution in [2.24, 2.45) is 5.73 Å². The van der Waals surface area contributed by atoms with E-state index in [4.69, 9.17) is 5.73 Å². The molecule has 1 saturated heterocycles. The first kappa shape index (κ1) is 15.7. The quantitative estimate of drug-likeness (QED) is 0.944. The van der Waals surface area contributed by atoms with Crippen molar-refractivity contribution in [3.05, 3.63) is 47.0 Å². The van der Waals surface area contributed by atoms with Crippen LogP contribution in [0.5, 0.6) is 0 Å². The summed E-state index contributed by atoms with van der Waals surface area (Å²) in [6.07, 6.45) is 1.86. The molecule has 2 heterocycles. The number of amides is 1. The fourth-order valence-corrected chi connectivity index (χ4v) is 3.20. The van der Waals surface area contributed by atoms with E-state index < -0.39 is 5.82 Å². The van der Waals surface area contributed by atoms with E-state index in [1.165, 1.54) is 6.07 Å². The average Bonchev–Trinajstić information content (AvgIpc) is 3.12. The molecule has 0 bridgehead atoms. The lowest BCUT2D eigenvalue weighted by atomic mass is 10.1. The number of hydrogen-bond acceptors (Lipinski definition) is 3. The number of benzene rings is 1. The number of halogens is 1. The first-order valence-electron chi connectivity index (χ1n) is 7.85. The van der Waals surface area contributed by atoms with Crippen molar-refractivity contribution in [2.75, 3.05) is 13.1 Å². The molecular weight excluding hydrogens is 295 g/mol. The molecule has 23 heavy (non-hydrogen) atoms. The summed E-state index contributed by atoms with van der Waals surface area (Å²) in [5.74, 6) is -0.609. The molecule has 1 aliphatic heterocycles. The summed E-state index contributed by atoms with van der Waals surface area (Å²) in [5, 5.41) is 4.28. The van der Waals surface area contributed by atoms with Gasteiger partial charge in [-0.2, -0.15) is 5.10 Å². The van der Waals surface area contributed by atoms with Gasteiger partial charge in [0.05, 0.1) is 5.69 Å². The molecule has 2 N–H and O–H groups in total. The summed E-state index contributed by atoms with van der Waals surface area (Å²) in [7, 11) is 0. The maximum Gasteiger partial charge on any atom is 0.254 e. The molecule has 5 nitrogen and oxygen atoms in total. The Kier molecular flexibility index (Phi) is 4.17. The number of nitrogens with zero attached hydrogens (tertiary/aromatic N) is 3. The summed E-state index contributed by atoms with van der Waals surface area (Å²) in [5.41, 5.74) is 8.09. The maximum atomic E-state index is 14.5. The van der Waals surface area contributed by atoms with E-state index in [1.807, 2.05) is 19.9 Å². The van der Waals surface area contributed by atoms with E-state index >= 15 is 0 Å². The number of likely N-dealkylation sites (tertiary alicyclic amines) is 1. The van der Waals surface area contributed by atoms with E-state index in [0.29, 0.717) is 24.3 Å². The summed E-state index contributed by atoms with van der Waals surface area (Å²) >= 11 is 0. The van der Waals surface area contributed by atoms with Gasteiger partial charge in [-0.05, 0) is 51.0 Å². The molecule has 0 saturated carbocycles. The molecule has 1 atom stereocenters.